The van der Waals surface area contributed by atoms with Crippen molar-refractivity contribution in [2.45, 2.75) is 25.0 Å². The van der Waals surface area contributed by atoms with Gasteiger partial charge in [0, 0.05) is 6.54 Å². The third-order valence-electron chi connectivity index (χ3n) is 3.90. The molecule has 1 saturated heterocycles. The number of methoxy groups -OCH3 is 1. The van der Waals surface area contributed by atoms with Gasteiger partial charge in [-0.2, -0.15) is 0 Å². The minimum atomic E-state index is -3.35. The molecule has 0 radical (unpaired) electrons. The Morgan fingerprint density at radius 2 is 1.87 bits per heavy atom. The first-order valence-corrected chi connectivity index (χ1v) is 9.52. The topological polar surface area (TPSA) is 75.7 Å². The molecule has 0 atom stereocenters. The van der Waals surface area contributed by atoms with Gasteiger partial charge in [-0.15, -0.1) is 0 Å². The lowest BCUT2D eigenvalue weighted by molar-refractivity contribution is 0.0600. The van der Waals surface area contributed by atoms with Gasteiger partial charge in [-0.05, 0) is 56.6 Å². The maximum Gasteiger partial charge on any atom is 0.337 e. The second-order valence-electron chi connectivity index (χ2n) is 5.74. The van der Waals surface area contributed by atoms with Crippen molar-refractivity contribution in [1.29, 1.82) is 0 Å². The van der Waals surface area contributed by atoms with Crippen molar-refractivity contribution in [3.63, 3.8) is 0 Å². The summed E-state index contributed by atoms with van der Waals surface area (Å²) < 4.78 is 31.4. The number of sulfonamides is 1. The van der Waals surface area contributed by atoms with E-state index in [1.807, 2.05) is 0 Å². The maximum atomic E-state index is 12.1. The summed E-state index contributed by atoms with van der Waals surface area (Å²) in [7, 11) is -2.04. The van der Waals surface area contributed by atoms with Crippen LogP contribution in [-0.2, 0) is 20.5 Å². The summed E-state index contributed by atoms with van der Waals surface area (Å²) in [5.41, 5.74) is 1.05. The average molecular weight is 340 g/mol. The Bertz CT molecular complexity index is 607. The molecule has 0 saturated carbocycles. The Hall–Kier alpha value is -1.44. The predicted octanol–water partition coefficient (Wildman–Crippen LogP) is 1.38. The molecule has 0 bridgehead atoms. The Balaban J connectivity index is 1.77. The lowest BCUT2D eigenvalue weighted by Crippen LogP contribution is -2.29. The van der Waals surface area contributed by atoms with Crippen LogP contribution in [-0.4, -0.2) is 52.6 Å². The fourth-order valence-corrected chi connectivity index (χ4v) is 3.85. The van der Waals surface area contributed by atoms with Crippen LogP contribution in [0.15, 0.2) is 24.3 Å². The molecular formula is C16H24N2O4S. The van der Waals surface area contributed by atoms with Gasteiger partial charge < -0.3 is 9.64 Å². The smallest absolute Gasteiger partial charge is 0.337 e. The zero-order chi connectivity index (χ0) is 16.7. The Labute approximate surface area is 137 Å². The molecular weight excluding hydrogens is 316 g/mol. The molecule has 1 heterocycles. The zero-order valence-corrected chi connectivity index (χ0v) is 14.3. The first-order chi connectivity index (χ1) is 11.0. The molecule has 0 spiro atoms. The molecule has 1 aromatic carbocycles. The Kier molecular flexibility index (Phi) is 6.56. The van der Waals surface area contributed by atoms with Crippen LogP contribution >= 0.6 is 0 Å². The number of hydrogen-bond donors (Lipinski definition) is 1. The number of hydrogen-bond acceptors (Lipinski definition) is 5. The summed E-state index contributed by atoms with van der Waals surface area (Å²) in [4.78, 5) is 13.7. The summed E-state index contributed by atoms with van der Waals surface area (Å²) in [5, 5.41) is 0. The van der Waals surface area contributed by atoms with Crippen molar-refractivity contribution in [3.8, 4) is 0 Å². The number of benzene rings is 1. The second kappa shape index (κ2) is 8.42. The van der Waals surface area contributed by atoms with Crippen molar-refractivity contribution in [2.24, 2.45) is 0 Å². The first kappa shape index (κ1) is 17.9. The van der Waals surface area contributed by atoms with E-state index in [0.29, 0.717) is 17.7 Å². The van der Waals surface area contributed by atoms with E-state index in [9.17, 15) is 13.2 Å². The Morgan fingerprint density at radius 3 is 2.48 bits per heavy atom. The van der Waals surface area contributed by atoms with Gasteiger partial charge in [0.25, 0.3) is 0 Å². The highest BCUT2D eigenvalue weighted by Crippen LogP contribution is 2.09. The summed E-state index contributed by atoms with van der Waals surface area (Å²) in [5.74, 6) is -0.516. The Morgan fingerprint density at radius 1 is 1.22 bits per heavy atom. The summed E-state index contributed by atoms with van der Waals surface area (Å²) in [6.07, 6.45) is 3.31. The quantitative estimate of drug-likeness (QED) is 0.571. The number of esters is 1. The SMILES string of the molecule is COC(=O)c1ccc(CS(=O)(=O)NCCCN2CCCC2)cc1. The van der Waals surface area contributed by atoms with Gasteiger partial charge in [0.15, 0.2) is 0 Å². The van der Waals surface area contributed by atoms with Gasteiger partial charge in [-0.25, -0.2) is 17.9 Å². The van der Waals surface area contributed by atoms with Gasteiger partial charge in [-0.3, -0.25) is 0 Å². The molecule has 1 aliphatic rings. The standard InChI is InChI=1S/C16H24N2O4S/c1-22-16(19)15-7-5-14(6-8-15)13-23(20,21)17-9-4-12-18-10-2-3-11-18/h5-8,17H,2-4,9-13H2,1H3. The molecule has 23 heavy (non-hydrogen) atoms. The van der Waals surface area contributed by atoms with Crippen LogP contribution in [0.1, 0.15) is 35.2 Å². The van der Waals surface area contributed by atoms with E-state index >= 15 is 0 Å². The van der Waals surface area contributed by atoms with Gasteiger partial charge in [0.05, 0.1) is 18.4 Å². The molecule has 6 nitrogen and oxygen atoms in total. The third-order valence-corrected chi connectivity index (χ3v) is 5.26. The van der Waals surface area contributed by atoms with E-state index in [2.05, 4.69) is 14.4 Å². The highest BCUT2D eigenvalue weighted by molar-refractivity contribution is 7.88. The van der Waals surface area contributed by atoms with Crippen LogP contribution in [0.5, 0.6) is 0 Å². The fraction of sp³-hybridized carbons (Fsp3) is 0.562. The molecule has 0 aliphatic carbocycles. The van der Waals surface area contributed by atoms with E-state index < -0.39 is 16.0 Å². The summed E-state index contributed by atoms with van der Waals surface area (Å²) in [6, 6.07) is 6.42. The number of nitrogens with zero attached hydrogens (tertiary/aromatic N) is 1. The summed E-state index contributed by atoms with van der Waals surface area (Å²) >= 11 is 0. The lowest BCUT2D eigenvalue weighted by atomic mass is 10.1. The molecule has 1 fully saturated rings. The van der Waals surface area contributed by atoms with Crippen molar-refractivity contribution >= 4 is 16.0 Å². The zero-order valence-electron chi connectivity index (χ0n) is 13.5. The van der Waals surface area contributed by atoms with E-state index in [1.165, 1.54) is 20.0 Å². The molecule has 0 unspecified atom stereocenters. The van der Waals surface area contributed by atoms with Gasteiger partial charge in [0.2, 0.25) is 10.0 Å². The molecule has 128 valence electrons. The van der Waals surface area contributed by atoms with Crippen LogP contribution in [0.3, 0.4) is 0 Å². The highest BCUT2D eigenvalue weighted by atomic mass is 32.2. The molecule has 2 rings (SSSR count). The van der Waals surface area contributed by atoms with Crippen molar-refractivity contribution in [3.05, 3.63) is 35.4 Å². The minimum Gasteiger partial charge on any atom is -0.465 e. The van der Waals surface area contributed by atoms with Crippen molar-refractivity contribution in [1.82, 2.24) is 9.62 Å². The number of carbonyl (C=O) groups is 1. The lowest BCUT2D eigenvalue weighted by Gasteiger charge is -2.14. The molecule has 1 aliphatic heterocycles. The van der Waals surface area contributed by atoms with Crippen LogP contribution in [0.4, 0.5) is 0 Å². The molecule has 0 amide bonds. The van der Waals surface area contributed by atoms with E-state index in [1.54, 1.807) is 24.3 Å². The molecule has 7 heteroatoms. The monoisotopic (exact) mass is 340 g/mol. The average Bonchev–Trinajstić information content (AvgIpc) is 3.04. The first-order valence-electron chi connectivity index (χ1n) is 7.87. The third kappa shape index (κ3) is 5.93. The number of ether oxygens (including phenoxy) is 1. The largest absolute Gasteiger partial charge is 0.465 e. The van der Waals surface area contributed by atoms with Crippen molar-refractivity contribution in [2.75, 3.05) is 33.3 Å². The predicted molar refractivity (Wildman–Crippen MR) is 88.7 cm³/mol. The number of nitrogens with one attached hydrogen (secondary N) is 1. The number of carbonyl (C=O) groups excluding carboxylic acids is 1. The van der Waals surface area contributed by atoms with E-state index in [-0.39, 0.29) is 5.75 Å². The van der Waals surface area contributed by atoms with Gasteiger partial charge in [-0.1, -0.05) is 12.1 Å². The van der Waals surface area contributed by atoms with Gasteiger partial charge in [0.1, 0.15) is 0 Å². The van der Waals surface area contributed by atoms with Crippen molar-refractivity contribution < 1.29 is 17.9 Å². The van der Waals surface area contributed by atoms with Crippen LogP contribution in [0.25, 0.3) is 0 Å². The van der Waals surface area contributed by atoms with Crippen LogP contribution in [0.2, 0.25) is 0 Å². The van der Waals surface area contributed by atoms with E-state index in [0.717, 1.165) is 26.1 Å². The molecule has 1 N–H and O–H groups in total. The number of likely N-dealkylation sites (tertiary alicyclic amines) is 1. The maximum absolute atomic E-state index is 12.1. The van der Waals surface area contributed by atoms with Crippen LogP contribution < -0.4 is 4.72 Å². The minimum absolute atomic E-state index is 0.0852. The normalized spacial score (nSPS) is 15.7. The molecule has 0 aromatic heterocycles. The summed E-state index contributed by atoms with van der Waals surface area (Å²) in [6.45, 7) is 3.65. The second-order valence-corrected chi connectivity index (χ2v) is 7.55. The molecule has 1 aromatic rings. The van der Waals surface area contributed by atoms with Gasteiger partial charge >= 0.3 is 5.97 Å². The highest BCUT2D eigenvalue weighted by Gasteiger charge is 2.14. The van der Waals surface area contributed by atoms with E-state index in [4.69, 9.17) is 0 Å². The fourth-order valence-electron chi connectivity index (χ4n) is 2.66. The number of rotatable bonds is 8. The van der Waals surface area contributed by atoms with Crippen LogP contribution in [0, 0.1) is 0 Å².